The topological polar surface area (TPSA) is 101 Å². The van der Waals surface area contributed by atoms with Crippen LogP contribution in [0, 0.1) is 5.92 Å². The Morgan fingerprint density at radius 3 is 2.10 bits per heavy atom. The lowest BCUT2D eigenvalue weighted by atomic mass is 9.90. The molecule has 2 unspecified atom stereocenters. The number of carboxylic acids is 2. The van der Waals surface area contributed by atoms with Crippen LogP contribution in [0.1, 0.15) is 52.4 Å². The van der Waals surface area contributed by atoms with Gasteiger partial charge in [0.25, 0.3) is 0 Å². The highest BCUT2D eigenvalue weighted by Gasteiger charge is 2.34. The van der Waals surface area contributed by atoms with Crippen LogP contribution in [0.2, 0.25) is 0 Å². The van der Waals surface area contributed by atoms with E-state index < -0.39 is 23.4 Å². The van der Waals surface area contributed by atoms with Crippen LogP contribution < -0.4 is 5.73 Å². The average Bonchev–Trinajstić information content (AvgIpc) is 2.37. The van der Waals surface area contributed by atoms with Crippen LogP contribution >= 0.6 is 23.2 Å². The normalized spacial score (nSPS) is 16.8. The second-order valence-electron chi connectivity index (χ2n) is 5.23. The summed E-state index contributed by atoms with van der Waals surface area (Å²) < 4.78 is 0. The van der Waals surface area contributed by atoms with E-state index in [2.05, 4.69) is 0 Å². The molecule has 0 bridgehead atoms. The fourth-order valence-corrected chi connectivity index (χ4v) is 2.65. The van der Waals surface area contributed by atoms with Crippen molar-refractivity contribution in [1.82, 2.24) is 0 Å². The van der Waals surface area contributed by atoms with Gasteiger partial charge < -0.3 is 15.9 Å². The van der Waals surface area contributed by atoms with Gasteiger partial charge in [-0.25, -0.2) is 0 Å². The maximum atomic E-state index is 11.3. The molecule has 21 heavy (non-hydrogen) atoms. The van der Waals surface area contributed by atoms with E-state index in [9.17, 15) is 14.7 Å². The molecule has 0 heterocycles. The molecule has 5 nitrogen and oxygen atoms in total. The van der Waals surface area contributed by atoms with Crippen molar-refractivity contribution >= 4 is 35.1 Å². The van der Waals surface area contributed by atoms with E-state index in [1.54, 1.807) is 0 Å². The second-order valence-corrected chi connectivity index (χ2v) is 6.14. The summed E-state index contributed by atoms with van der Waals surface area (Å²) in [5, 5.41) is 18.6. The molecule has 0 fully saturated rings. The fourth-order valence-electron chi connectivity index (χ4n) is 2.08. The van der Waals surface area contributed by atoms with Crippen molar-refractivity contribution in [2.75, 3.05) is 0 Å². The van der Waals surface area contributed by atoms with Gasteiger partial charge in [0.15, 0.2) is 0 Å². The van der Waals surface area contributed by atoms with Gasteiger partial charge in [-0.05, 0) is 19.3 Å². The third kappa shape index (κ3) is 6.68. The number of hydrogen-bond donors (Lipinski definition) is 3. The minimum atomic E-state index is -1.48. The van der Waals surface area contributed by atoms with Gasteiger partial charge in [0.2, 0.25) is 0 Å². The van der Waals surface area contributed by atoms with Crippen LogP contribution in [-0.2, 0) is 9.59 Å². The summed E-state index contributed by atoms with van der Waals surface area (Å²) in [4.78, 5) is 22.4. The third-order valence-electron chi connectivity index (χ3n) is 3.30. The first-order chi connectivity index (χ1) is 9.67. The minimum Gasteiger partial charge on any atom is -0.481 e. The molecule has 0 rings (SSSR count). The Kier molecular flexibility index (Phi) is 8.94. The zero-order valence-corrected chi connectivity index (χ0v) is 13.9. The molecule has 0 aliphatic rings. The highest BCUT2D eigenvalue weighted by atomic mass is 35.5. The van der Waals surface area contributed by atoms with Crippen molar-refractivity contribution in [2.45, 2.75) is 57.9 Å². The molecule has 2 atom stereocenters. The zero-order valence-electron chi connectivity index (χ0n) is 12.4. The van der Waals surface area contributed by atoms with Gasteiger partial charge in [0, 0.05) is 16.5 Å². The van der Waals surface area contributed by atoms with Gasteiger partial charge >= 0.3 is 11.9 Å². The molecule has 0 aromatic rings. The number of halogens is 2. The molecule has 0 spiro atoms. The number of hydrogen-bond acceptors (Lipinski definition) is 3. The number of aliphatic carboxylic acids is 2. The van der Waals surface area contributed by atoms with E-state index in [1.807, 2.05) is 13.8 Å². The zero-order chi connectivity index (χ0) is 16.6. The maximum absolute atomic E-state index is 11.3. The molecule has 122 valence electrons. The molecular formula is C14H23Cl2NO4. The van der Waals surface area contributed by atoms with Crippen LogP contribution in [0.15, 0.2) is 10.1 Å². The molecule has 0 saturated heterocycles. The van der Waals surface area contributed by atoms with E-state index >= 15 is 0 Å². The summed E-state index contributed by atoms with van der Waals surface area (Å²) >= 11 is 12.1. The number of carbonyl (C=O) groups is 2. The lowest BCUT2D eigenvalue weighted by molar-refractivity contribution is -0.144. The molecule has 0 saturated carbocycles. The monoisotopic (exact) mass is 339 g/mol. The van der Waals surface area contributed by atoms with Crippen LogP contribution in [0.25, 0.3) is 0 Å². The minimum absolute atomic E-state index is 0.0887. The van der Waals surface area contributed by atoms with Crippen LogP contribution in [0.3, 0.4) is 0 Å². The summed E-state index contributed by atoms with van der Waals surface area (Å²) in [5.41, 5.74) is 4.37. The van der Waals surface area contributed by atoms with Crippen LogP contribution in [0.4, 0.5) is 0 Å². The number of carboxylic acid groups (broad SMARTS) is 2. The van der Waals surface area contributed by atoms with Crippen LogP contribution in [0.5, 0.6) is 0 Å². The Hall–Kier alpha value is -0.780. The van der Waals surface area contributed by atoms with Gasteiger partial charge in [-0.15, -0.1) is 0 Å². The Morgan fingerprint density at radius 1 is 1.14 bits per heavy atom. The smallest absolute Gasteiger partial charge is 0.324 e. The van der Waals surface area contributed by atoms with E-state index in [0.717, 1.165) is 0 Å². The molecule has 7 heteroatoms. The first-order valence-electron chi connectivity index (χ1n) is 6.96. The standard InChI is InChI=1S/C14H23Cl2NO4/c1-3-5-9(12(18)19)7-10(15)11(16)8-14(17,6-4-2)13(20)21/h9H,3-8,17H2,1-2H3,(H,18,19)(H,20,21). The molecular weight excluding hydrogens is 317 g/mol. The van der Waals surface area contributed by atoms with Gasteiger partial charge in [-0.3, -0.25) is 9.59 Å². The fraction of sp³-hybridized carbons (Fsp3) is 0.714. The van der Waals surface area contributed by atoms with Crippen molar-refractivity contribution in [3.8, 4) is 0 Å². The van der Waals surface area contributed by atoms with Crippen molar-refractivity contribution in [1.29, 1.82) is 0 Å². The molecule has 0 aromatic carbocycles. The predicted molar refractivity (Wildman–Crippen MR) is 83.5 cm³/mol. The first-order valence-corrected chi connectivity index (χ1v) is 7.71. The molecule has 0 aliphatic carbocycles. The Labute approximate surface area is 135 Å². The van der Waals surface area contributed by atoms with E-state index in [1.165, 1.54) is 0 Å². The summed E-state index contributed by atoms with van der Waals surface area (Å²) in [5.74, 6) is -2.71. The SMILES string of the molecule is CCCC(CC(Cl)=C(Cl)CC(N)(CCC)C(=O)O)C(=O)O. The molecule has 0 amide bonds. The Balaban J connectivity index is 5.04. The predicted octanol–water partition coefficient (Wildman–Crippen LogP) is 3.54. The van der Waals surface area contributed by atoms with Crippen molar-refractivity contribution in [2.24, 2.45) is 11.7 Å². The van der Waals surface area contributed by atoms with Crippen molar-refractivity contribution in [3.05, 3.63) is 10.1 Å². The molecule has 0 aromatic heterocycles. The Bertz CT molecular complexity index is 412. The summed E-state index contributed by atoms with van der Waals surface area (Å²) in [6.45, 7) is 3.71. The highest BCUT2D eigenvalue weighted by molar-refractivity contribution is 6.39. The Morgan fingerprint density at radius 2 is 1.71 bits per heavy atom. The number of nitrogens with two attached hydrogens (primary N) is 1. The van der Waals surface area contributed by atoms with Crippen molar-refractivity contribution in [3.63, 3.8) is 0 Å². The average molecular weight is 340 g/mol. The molecule has 0 radical (unpaired) electrons. The second kappa shape index (κ2) is 9.28. The van der Waals surface area contributed by atoms with Gasteiger partial charge in [-0.1, -0.05) is 49.9 Å². The molecule has 4 N–H and O–H groups in total. The van der Waals surface area contributed by atoms with Crippen molar-refractivity contribution < 1.29 is 19.8 Å². The lowest BCUT2D eigenvalue weighted by Crippen LogP contribution is -2.48. The summed E-state index contributed by atoms with van der Waals surface area (Å²) in [7, 11) is 0. The maximum Gasteiger partial charge on any atom is 0.324 e. The van der Waals surface area contributed by atoms with E-state index in [4.69, 9.17) is 34.0 Å². The summed E-state index contributed by atoms with van der Waals surface area (Å²) in [6, 6.07) is 0. The molecule has 0 aliphatic heterocycles. The largest absolute Gasteiger partial charge is 0.481 e. The van der Waals surface area contributed by atoms with Gasteiger partial charge in [0.05, 0.1) is 5.92 Å². The first kappa shape index (κ1) is 20.2. The quantitative estimate of drug-likeness (QED) is 0.565. The van der Waals surface area contributed by atoms with Gasteiger partial charge in [0.1, 0.15) is 5.54 Å². The summed E-state index contributed by atoms with van der Waals surface area (Å²) in [6.07, 6.45) is 2.04. The van der Waals surface area contributed by atoms with E-state index in [-0.39, 0.29) is 29.3 Å². The number of rotatable bonds is 10. The van der Waals surface area contributed by atoms with Crippen LogP contribution in [-0.4, -0.2) is 27.7 Å². The van der Waals surface area contributed by atoms with Gasteiger partial charge in [-0.2, -0.15) is 0 Å². The lowest BCUT2D eigenvalue weighted by Gasteiger charge is -2.24. The van der Waals surface area contributed by atoms with E-state index in [0.29, 0.717) is 19.3 Å². The third-order valence-corrected chi connectivity index (χ3v) is 4.14. The highest BCUT2D eigenvalue weighted by Crippen LogP contribution is 2.31. The number of allylic oxidation sites excluding steroid dienone is 1.